The first kappa shape index (κ1) is 50.1. The fourth-order valence-corrected chi connectivity index (χ4v) is 6.90. The van der Waals surface area contributed by atoms with E-state index in [4.69, 9.17) is 10.7 Å². The normalized spacial score (nSPS) is 15.1. The largest absolute Gasteiger partial charge is 0.399 e. The first-order valence-electron chi connectivity index (χ1n) is 21.9. The van der Waals surface area contributed by atoms with Crippen molar-refractivity contribution in [2.45, 2.75) is 61.8 Å². The highest BCUT2D eigenvalue weighted by molar-refractivity contribution is 6.02. The molecule has 0 fully saturated rings. The molecular formula is C60H67N3. The fraction of sp³-hybridized carbons (Fsp3) is 0.150. The van der Waals surface area contributed by atoms with Gasteiger partial charge in [0.2, 0.25) is 0 Å². The van der Waals surface area contributed by atoms with Crippen LogP contribution in [0.15, 0.2) is 236 Å². The SMILES string of the molecule is C=C/C=C\C=C1\c2cc(C(=C)/C=C\c3ccccc3N=C/C=C(\C=C/C)C(/C=C\C=C/C(=C)N)=C(/C)c3ccc(C(/C=C\C)=C/C=C)cc3)ccc2N1C1=CCC=C1C.CC.CC. The van der Waals surface area contributed by atoms with E-state index >= 15 is 0 Å². The molecule has 1 aliphatic heterocycles. The van der Waals surface area contributed by atoms with E-state index in [-0.39, 0.29) is 0 Å². The number of para-hydroxylation sites is 1. The van der Waals surface area contributed by atoms with E-state index in [1.54, 1.807) is 12.2 Å². The molecule has 0 spiro atoms. The maximum absolute atomic E-state index is 5.81. The first-order chi connectivity index (χ1) is 30.7. The topological polar surface area (TPSA) is 41.6 Å². The van der Waals surface area contributed by atoms with Crippen LogP contribution in [-0.2, 0) is 0 Å². The molecule has 322 valence electrons. The summed E-state index contributed by atoms with van der Waals surface area (Å²) >= 11 is 0. The highest BCUT2D eigenvalue weighted by Gasteiger charge is 2.32. The van der Waals surface area contributed by atoms with Crippen LogP contribution in [0.4, 0.5) is 11.4 Å². The molecule has 0 atom stereocenters. The smallest absolute Gasteiger partial charge is 0.0701 e. The number of benzene rings is 3. The summed E-state index contributed by atoms with van der Waals surface area (Å²) < 4.78 is 0. The summed E-state index contributed by atoms with van der Waals surface area (Å²) in [4.78, 5) is 7.29. The number of nitrogens with two attached hydrogens (primary N) is 1. The van der Waals surface area contributed by atoms with Crippen LogP contribution in [-0.4, -0.2) is 6.21 Å². The van der Waals surface area contributed by atoms with E-state index in [1.165, 1.54) is 22.5 Å². The minimum absolute atomic E-state index is 0.497. The molecule has 5 rings (SSSR count). The van der Waals surface area contributed by atoms with Crippen molar-refractivity contribution in [2.24, 2.45) is 10.7 Å². The van der Waals surface area contributed by atoms with Crippen molar-refractivity contribution in [3.8, 4) is 0 Å². The maximum atomic E-state index is 5.81. The zero-order valence-electron chi connectivity index (χ0n) is 38.9. The van der Waals surface area contributed by atoms with Crippen LogP contribution in [0, 0.1) is 0 Å². The number of hydrogen-bond acceptors (Lipinski definition) is 3. The first-order valence-corrected chi connectivity index (χ1v) is 21.9. The summed E-state index contributed by atoms with van der Waals surface area (Å²) in [6.07, 6.45) is 41.4. The molecule has 63 heavy (non-hydrogen) atoms. The lowest BCUT2D eigenvalue weighted by molar-refractivity contribution is 1.11. The van der Waals surface area contributed by atoms with E-state index in [0.717, 1.165) is 67.9 Å². The van der Waals surface area contributed by atoms with Crippen molar-refractivity contribution >= 4 is 46.1 Å². The van der Waals surface area contributed by atoms with Crippen LogP contribution in [0.25, 0.3) is 28.5 Å². The maximum Gasteiger partial charge on any atom is 0.0701 e. The summed E-state index contributed by atoms with van der Waals surface area (Å²) in [6.45, 7) is 32.3. The van der Waals surface area contributed by atoms with Gasteiger partial charge < -0.3 is 10.6 Å². The van der Waals surface area contributed by atoms with E-state index in [9.17, 15) is 0 Å². The van der Waals surface area contributed by atoms with Gasteiger partial charge >= 0.3 is 0 Å². The molecule has 0 unspecified atom stereocenters. The fourth-order valence-electron chi connectivity index (χ4n) is 6.90. The van der Waals surface area contributed by atoms with Crippen molar-refractivity contribution in [3.05, 3.63) is 258 Å². The minimum atomic E-state index is 0.497. The number of allylic oxidation sites excluding steroid dienone is 24. The van der Waals surface area contributed by atoms with Crippen molar-refractivity contribution in [1.82, 2.24) is 0 Å². The molecule has 0 saturated heterocycles. The third-order valence-corrected chi connectivity index (χ3v) is 9.92. The van der Waals surface area contributed by atoms with Gasteiger partial charge in [-0.1, -0.05) is 200 Å². The number of nitrogens with zero attached hydrogens (tertiary/aromatic N) is 2. The quantitative estimate of drug-likeness (QED) is 0.109. The Bertz CT molecular complexity index is 2500. The Morgan fingerprint density at radius 1 is 0.730 bits per heavy atom. The monoisotopic (exact) mass is 830 g/mol. The van der Waals surface area contributed by atoms with Crippen LogP contribution in [0.1, 0.15) is 89.6 Å². The average molecular weight is 830 g/mol. The molecule has 3 nitrogen and oxygen atoms in total. The molecule has 3 aromatic carbocycles. The Morgan fingerprint density at radius 2 is 1.41 bits per heavy atom. The molecule has 3 aromatic rings. The number of aliphatic imine (C=N–C) groups is 1. The van der Waals surface area contributed by atoms with E-state index in [0.29, 0.717) is 5.70 Å². The summed E-state index contributed by atoms with van der Waals surface area (Å²) in [7, 11) is 0. The van der Waals surface area contributed by atoms with Crippen molar-refractivity contribution in [2.75, 3.05) is 4.90 Å². The molecule has 0 bridgehead atoms. The number of rotatable bonds is 17. The standard InChI is InChI=1S/C56H55N3.2C2H6/c1-9-13-14-28-55-52-40-50(36-37-56(52)59(55)54-29-19-23-42(54)6)41(5)30-31-49-25-16-18-27-53(49)58-39-38-48(22-12-4)51(26-17-15-24-43(7)57)44(8)45-32-34-47(35-33-45)46(20-10-2)21-11-3;2*1-2/h9-18,20-40H,1-2,5,7,19,57H2,3-4,6,8H3;2*1-2H3/b14-13-,21-11-,22-12-,24-15-,26-17-,31-30-,46-20+,48-38+,51-44-,55-28-,58-39?;;. The summed E-state index contributed by atoms with van der Waals surface area (Å²) in [6, 6.07) is 23.3. The number of fused-ring (bicyclic) bond motifs is 1. The lowest BCUT2D eigenvalue weighted by Crippen LogP contribution is -2.30. The van der Waals surface area contributed by atoms with Gasteiger partial charge in [-0.15, -0.1) is 0 Å². The second-order valence-corrected chi connectivity index (χ2v) is 14.0. The molecule has 0 aromatic heterocycles. The third kappa shape index (κ3) is 13.9. The van der Waals surface area contributed by atoms with E-state index < -0.39 is 0 Å². The zero-order chi connectivity index (χ0) is 46.1. The van der Waals surface area contributed by atoms with Crippen LogP contribution in [0.2, 0.25) is 0 Å². The molecule has 0 amide bonds. The molecular weight excluding hydrogens is 763 g/mol. The van der Waals surface area contributed by atoms with Gasteiger partial charge in [0.15, 0.2) is 0 Å². The van der Waals surface area contributed by atoms with E-state index in [2.05, 4.69) is 148 Å². The Hall–Kier alpha value is -7.23. The predicted molar refractivity (Wildman–Crippen MR) is 285 cm³/mol. The number of hydrogen-bond donors (Lipinski definition) is 1. The van der Waals surface area contributed by atoms with Crippen LogP contribution >= 0.6 is 0 Å². The predicted octanol–water partition coefficient (Wildman–Crippen LogP) is 17.0. The zero-order valence-corrected chi connectivity index (χ0v) is 38.9. The highest BCUT2D eigenvalue weighted by atomic mass is 15.2. The second kappa shape index (κ2) is 26.9. The van der Waals surface area contributed by atoms with Crippen LogP contribution in [0.5, 0.6) is 0 Å². The van der Waals surface area contributed by atoms with Crippen LogP contribution in [0.3, 0.4) is 0 Å². The second-order valence-electron chi connectivity index (χ2n) is 14.0. The molecule has 0 saturated carbocycles. The lowest BCUT2D eigenvalue weighted by Gasteiger charge is -2.40. The molecule has 1 heterocycles. The van der Waals surface area contributed by atoms with Gasteiger partial charge in [0.1, 0.15) is 0 Å². The summed E-state index contributed by atoms with van der Waals surface area (Å²) in [5, 5.41) is 0. The highest BCUT2D eigenvalue weighted by Crippen LogP contribution is 2.48. The Labute approximate surface area is 380 Å². The average Bonchev–Trinajstić information content (AvgIpc) is 3.72. The van der Waals surface area contributed by atoms with Gasteiger partial charge in [-0.25, -0.2) is 0 Å². The molecule has 1 aliphatic carbocycles. The van der Waals surface area contributed by atoms with Crippen molar-refractivity contribution in [1.29, 1.82) is 0 Å². The van der Waals surface area contributed by atoms with Gasteiger partial charge in [0, 0.05) is 28.7 Å². The third-order valence-electron chi connectivity index (χ3n) is 9.92. The van der Waals surface area contributed by atoms with Gasteiger partial charge in [0.05, 0.1) is 17.1 Å². The Morgan fingerprint density at radius 3 is 2.06 bits per heavy atom. The number of anilines is 1. The molecule has 0 radical (unpaired) electrons. The van der Waals surface area contributed by atoms with Gasteiger partial charge in [-0.2, -0.15) is 0 Å². The summed E-state index contributed by atoms with van der Waals surface area (Å²) in [5.74, 6) is 0. The lowest BCUT2D eigenvalue weighted by atomic mass is 9.91. The van der Waals surface area contributed by atoms with Gasteiger partial charge in [-0.3, -0.25) is 4.99 Å². The molecule has 2 N–H and O–H groups in total. The summed E-state index contributed by atoms with van der Waals surface area (Å²) in [5.41, 5.74) is 22.8. The van der Waals surface area contributed by atoms with Gasteiger partial charge in [0.25, 0.3) is 0 Å². The van der Waals surface area contributed by atoms with Crippen molar-refractivity contribution < 1.29 is 0 Å². The minimum Gasteiger partial charge on any atom is -0.399 e. The van der Waals surface area contributed by atoms with Crippen LogP contribution < -0.4 is 10.6 Å². The Kier molecular flexibility index (Phi) is 21.4. The van der Waals surface area contributed by atoms with Crippen molar-refractivity contribution in [3.63, 3.8) is 0 Å². The molecule has 3 heteroatoms. The Balaban J connectivity index is 0.00000256. The van der Waals surface area contributed by atoms with Gasteiger partial charge in [-0.05, 0) is 121 Å². The van der Waals surface area contributed by atoms with E-state index in [1.807, 2.05) is 115 Å². The molecule has 2 aliphatic rings.